The summed E-state index contributed by atoms with van der Waals surface area (Å²) in [7, 11) is -3.39. The predicted molar refractivity (Wildman–Crippen MR) is 107 cm³/mol. The number of piperidine rings is 2. The van der Waals surface area contributed by atoms with E-state index >= 15 is 0 Å². The van der Waals surface area contributed by atoms with Gasteiger partial charge in [-0.05, 0) is 43.7 Å². The number of hydrogen-bond donors (Lipinski definition) is 1. The van der Waals surface area contributed by atoms with E-state index in [0.717, 1.165) is 11.1 Å². The highest BCUT2D eigenvalue weighted by molar-refractivity contribution is 7.88. The predicted octanol–water partition coefficient (Wildman–Crippen LogP) is 1.26. The lowest BCUT2D eigenvalue weighted by atomic mass is 9.92. The molecule has 2 fully saturated rings. The molecule has 0 radical (unpaired) electrons. The molecule has 0 aromatic heterocycles. The molecule has 2 amide bonds. The number of aryl methyl sites for hydroxylation is 1. The Bertz CT molecular complexity index is 824. The fraction of sp³-hybridized carbons (Fsp3) is 0.600. The van der Waals surface area contributed by atoms with Gasteiger partial charge in [0, 0.05) is 38.0 Å². The van der Waals surface area contributed by atoms with Crippen LogP contribution in [0.2, 0.25) is 0 Å². The number of rotatable bonds is 5. The van der Waals surface area contributed by atoms with Crippen LogP contribution < -0.4 is 5.73 Å². The second kappa shape index (κ2) is 8.61. The van der Waals surface area contributed by atoms with E-state index in [9.17, 15) is 18.0 Å². The molecule has 154 valence electrons. The Hall–Kier alpha value is -1.93. The van der Waals surface area contributed by atoms with Crippen molar-refractivity contribution >= 4 is 21.8 Å². The van der Waals surface area contributed by atoms with Crippen molar-refractivity contribution in [3.8, 4) is 0 Å². The van der Waals surface area contributed by atoms with Gasteiger partial charge in [-0.15, -0.1) is 0 Å². The van der Waals surface area contributed by atoms with Crippen LogP contribution in [0.15, 0.2) is 24.3 Å². The Balaban J connectivity index is 1.53. The molecule has 0 aliphatic carbocycles. The number of sulfonamides is 1. The van der Waals surface area contributed by atoms with Gasteiger partial charge in [0.1, 0.15) is 0 Å². The van der Waals surface area contributed by atoms with Gasteiger partial charge in [-0.3, -0.25) is 9.59 Å². The van der Waals surface area contributed by atoms with Gasteiger partial charge in [0.25, 0.3) is 0 Å². The number of nitrogens with zero attached hydrogens (tertiary/aromatic N) is 2. The standard InChI is InChI=1S/C20H29N3O4S/c1-15-4-2-3-5-18(15)14-28(26,27)23-12-8-17(9-13-23)20(25)22-10-6-16(7-11-22)19(21)24/h2-5,16-17H,6-14H2,1H3,(H2,21,24). The molecular formula is C20H29N3O4S. The summed E-state index contributed by atoms with van der Waals surface area (Å²) in [6, 6.07) is 7.51. The first-order valence-corrected chi connectivity index (χ1v) is 11.5. The minimum absolute atomic E-state index is 0.00107. The van der Waals surface area contributed by atoms with Crippen molar-refractivity contribution in [1.82, 2.24) is 9.21 Å². The largest absolute Gasteiger partial charge is 0.369 e. The Labute approximate surface area is 166 Å². The van der Waals surface area contributed by atoms with Crippen LogP contribution in [0.25, 0.3) is 0 Å². The lowest BCUT2D eigenvalue weighted by Gasteiger charge is -2.36. The summed E-state index contributed by atoms with van der Waals surface area (Å²) >= 11 is 0. The summed E-state index contributed by atoms with van der Waals surface area (Å²) in [5.74, 6) is -0.496. The van der Waals surface area contributed by atoms with Crippen LogP contribution in [0.3, 0.4) is 0 Å². The smallest absolute Gasteiger partial charge is 0.225 e. The van der Waals surface area contributed by atoms with Crippen molar-refractivity contribution in [3.05, 3.63) is 35.4 Å². The second-order valence-corrected chi connectivity index (χ2v) is 9.83. The lowest BCUT2D eigenvalue weighted by Crippen LogP contribution is -2.47. The molecule has 2 heterocycles. The third-order valence-corrected chi connectivity index (χ3v) is 7.83. The fourth-order valence-electron chi connectivity index (χ4n) is 4.08. The molecular weight excluding hydrogens is 378 g/mol. The zero-order valence-corrected chi connectivity index (χ0v) is 17.2. The molecule has 1 aromatic carbocycles. The molecule has 2 N–H and O–H groups in total. The van der Waals surface area contributed by atoms with E-state index in [4.69, 9.17) is 5.73 Å². The van der Waals surface area contributed by atoms with Crippen molar-refractivity contribution in [3.63, 3.8) is 0 Å². The number of carbonyl (C=O) groups is 2. The first kappa shape index (κ1) is 20.8. The van der Waals surface area contributed by atoms with E-state index in [0.29, 0.717) is 51.9 Å². The van der Waals surface area contributed by atoms with Gasteiger partial charge in [0.05, 0.1) is 5.75 Å². The molecule has 0 spiro atoms. The Kier molecular flexibility index (Phi) is 6.40. The average Bonchev–Trinajstić information content (AvgIpc) is 2.69. The van der Waals surface area contributed by atoms with E-state index in [1.165, 1.54) is 4.31 Å². The molecule has 28 heavy (non-hydrogen) atoms. The van der Waals surface area contributed by atoms with Crippen molar-refractivity contribution in [2.45, 2.75) is 38.4 Å². The summed E-state index contributed by atoms with van der Waals surface area (Å²) in [5.41, 5.74) is 7.13. The molecule has 2 aliphatic heterocycles. The van der Waals surface area contributed by atoms with Crippen molar-refractivity contribution in [2.24, 2.45) is 17.6 Å². The SMILES string of the molecule is Cc1ccccc1CS(=O)(=O)N1CCC(C(=O)N2CCC(C(N)=O)CC2)CC1. The van der Waals surface area contributed by atoms with Gasteiger partial charge in [-0.2, -0.15) is 0 Å². The highest BCUT2D eigenvalue weighted by atomic mass is 32.2. The van der Waals surface area contributed by atoms with Crippen LogP contribution in [-0.2, 0) is 25.4 Å². The van der Waals surface area contributed by atoms with Crippen molar-refractivity contribution in [2.75, 3.05) is 26.2 Å². The lowest BCUT2D eigenvalue weighted by molar-refractivity contribution is -0.139. The van der Waals surface area contributed by atoms with E-state index < -0.39 is 10.0 Å². The van der Waals surface area contributed by atoms with E-state index in [1.807, 2.05) is 36.1 Å². The maximum Gasteiger partial charge on any atom is 0.225 e. The minimum atomic E-state index is -3.39. The number of likely N-dealkylation sites (tertiary alicyclic amines) is 1. The molecule has 1 aromatic rings. The third kappa shape index (κ3) is 4.72. The van der Waals surface area contributed by atoms with Gasteiger partial charge in [0.15, 0.2) is 0 Å². The number of carbonyl (C=O) groups excluding carboxylic acids is 2. The third-order valence-electron chi connectivity index (χ3n) is 6.00. The van der Waals surface area contributed by atoms with Gasteiger partial charge in [0.2, 0.25) is 21.8 Å². The summed E-state index contributed by atoms with van der Waals surface area (Å²) < 4.78 is 27.1. The van der Waals surface area contributed by atoms with Gasteiger partial charge in [-0.25, -0.2) is 12.7 Å². The van der Waals surface area contributed by atoms with Crippen molar-refractivity contribution in [1.29, 1.82) is 0 Å². The summed E-state index contributed by atoms with van der Waals surface area (Å²) in [6.07, 6.45) is 2.32. The first-order valence-electron chi connectivity index (χ1n) is 9.88. The van der Waals surface area contributed by atoms with Gasteiger partial charge < -0.3 is 10.6 Å². The molecule has 0 unspecified atom stereocenters. The maximum atomic E-state index is 12.8. The summed E-state index contributed by atoms with van der Waals surface area (Å²) in [4.78, 5) is 25.8. The molecule has 3 rings (SSSR count). The molecule has 2 saturated heterocycles. The normalized spacial score (nSPS) is 20.2. The maximum absolute atomic E-state index is 12.8. The van der Waals surface area contributed by atoms with Crippen LogP contribution in [0.5, 0.6) is 0 Å². The monoisotopic (exact) mass is 407 g/mol. The van der Waals surface area contributed by atoms with Gasteiger partial charge in [-0.1, -0.05) is 24.3 Å². The first-order chi connectivity index (χ1) is 13.3. The van der Waals surface area contributed by atoms with Crippen LogP contribution in [0, 0.1) is 18.8 Å². The number of hydrogen-bond acceptors (Lipinski definition) is 4. The fourth-order valence-corrected chi connectivity index (χ4v) is 5.75. The minimum Gasteiger partial charge on any atom is -0.369 e. The highest BCUT2D eigenvalue weighted by Gasteiger charge is 2.34. The molecule has 2 aliphatic rings. The van der Waals surface area contributed by atoms with Crippen molar-refractivity contribution < 1.29 is 18.0 Å². The summed E-state index contributed by atoms with van der Waals surface area (Å²) in [6.45, 7) is 3.78. The van der Waals surface area contributed by atoms with E-state index in [1.54, 1.807) is 0 Å². The zero-order valence-electron chi connectivity index (χ0n) is 16.3. The van der Waals surface area contributed by atoms with E-state index in [2.05, 4.69) is 0 Å². The Morgan fingerprint density at radius 1 is 1.00 bits per heavy atom. The van der Waals surface area contributed by atoms with Crippen LogP contribution in [0.1, 0.15) is 36.8 Å². The molecule has 0 atom stereocenters. The molecule has 0 saturated carbocycles. The van der Waals surface area contributed by atoms with Crippen LogP contribution >= 0.6 is 0 Å². The molecule has 8 heteroatoms. The van der Waals surface area contributed by atoms with E-state index in [-0.39, 0.29) is 29.4 Å². The number of nitrogens with two attached hydrogens (primary N) is 1. The number of amides is 2. The molecule has 0 bridgehead atoms. The second-order valence-electron chi connectivity index (χ2n) is 7.86. The quantitative estimate of drug-likeness (QED) is 0.794. The van der Waals surface area contributed by atoms with Crippen LogP contribution in [0.4, 0.5) is 0 Å². The van der Waals surface area contributed by atoms with Crippen LogP contribution in [-0.4, -0.2) is 55.6 Å². The topological polar surface area (TPSA) is 101 Å². The number of benzene rings is 1. The zero-order chi connectivity index (χ0) is 20.3. The highest BCUT2D eigenvalue weighted by Crippen LogP contribution is 2.26. The average molecular weight is 408 g/mol. The Morgan fingerprint density at radius 2 is 1.57 bits per heavy atom. The summed E-state index contributed by atoms with van der Waals surface area (Å²) in [5, 5.41) is 0. The van der Waals surface area contributed by atoms with Gasteiger partial charge >= 0.3 is 0 Å². The number of primary amides is 1. The Morgan fingerprint density at radius 3 is 2.14 bits per heavy atom. The molecule has 7 nitrogen and oxygen atoms in total.